The van der Waals surface area contributed by atoms with Crippen molar-refractivity contribution in [2.24, 2.45) is 0 Å². The van der Waals surface area contributed by atoms with Crippen molar-refractivity contribution in [1.82, 2.24) is 4.90 Å². The summed E-state index contributed by atoms with van der Waals surface area (Å²) in [4.78, 5) is 14.9. The van der Waals surface area contributed by atoms with Gasteiger partial charge in [-0.15, -0.1) is 0 Å². The molecule has 0 aliphatic rings. The standard InChI is InChI=1S/C20H25NO3/c1-4-21(5-2)15-19(16-11-7-6-8-12-16)24-20(22)17-13-9-10-14-18(17)23-3/h6-14,19H,4-5,15H2,1-3H3. The van der Waals surface area contributed by atoms with Crippen LogP contribution in [0.1, 0.15) is 35.9 Å². The number of hydrogen-bond acceptors (Lipinski definition) is 4. The molecule has 0 saturated heterocycles. The van der Waals surface area contributed by atoms with Gasteiger partial charge in [0.2, 0.25) is 0 Å². The second kappa shape index (κ2) is 9.08. The van der Waals surface area contributed by atoms with Gasteiger partial charge in [-0.1, -0.05) is 56.3 Å². The van der Waals surface area contributed by atoms with Crippen LogP contribution in [0.25, 0.3) is 0 Å². The summed E-state index contributed by atoms with van der Waals surface area (Å²) in [6.07, 6.45) is -0.316. The molecule has 1 unspecified atom stereocenters. The molecular weight excluding hydrogens is 302 g/mol. The summed E-state index contributed by atoms with van der Waals surface area (Å²) < 4.78 is 11.1. The van der Waals surface area contributed by atoms with Crippen LogP contribution in [0.4, 0.5) is 0 Å². The second-order valence-corrected chi connectivity index (χ2v) is 5.49. The first kappa shape index (κ1) is 18.0. The highest BCUT2D eigenvalue weighted by Gasteiger charge is 2.22. The largest absolute Gasteiger partial charge is 0.496 e. The lowest BCUT2D eigenvalue weighted by Gasteiger charge is -2.26. The number of benzene rings is 2. The lowest BCUT2D eigenvalue weighted by atomic mass is 10.1. The Balaban J connectivity index is 2.22. The Labute approximate surface area is 144 Å². The summed E-state index contributed by atoms with van der Waals surface area (Å²) in [5.41, 5.74) is 1.44. The molecule has 0 saturated carbocycles. The van der Waals surface area contributed by atoms with Gasteiger partial charge in [-0.05, 0) is 30.8 Å². The first-order chi connectivity index (χ1) is 11.7. The number of para-hydroxylation sites is 1. The molecule has 24 heavy (non-hydrogen) atoms. The van der Waals surface area contributed by atoms with E-state index in [1.54, 1.807) is 25.3 Å². The van der Waals surface area contributed by atoms with Gasteiger partial charge in [-0.2, -0.15) is 0 Å². The van der Waals surface area contributed by atoms with Crippen LogP contribution in [0.15, 0.2) is 54.6 Å². The van der Waals surface area contributed by atoms with Gasteiger partial charge in [-0.3, -0.25) is 4.90 Å². The Hall–Kier alpha value is -2.33. The van der Waals surface area contributed by atoms with E-state index in [4.69, 9.17) is 9.47 Å². The van der Waals surface area contributed by atoms with E-state index in [0.717, 1.165) is 18.7 Å². The Morgan fingerprint density at radius 3 is 2.25 bits per heavy atom. The monoisotopic (exact) mass is 327 g/mol. The van der Waals surface area contributed by atoms with E-state index in [1.807, 2.05) is 36.4 Å². The molecule has 2 aromatic carbocycles. The van der Waals surface area contributed by atoms with Gasteiger partial charge in [0, 0.05) is 6.54 Å². The van der Waals surface area contributed by atoms with E-state index in [2.05, 4.69) is 18.7 Å². The predicted molar refractivity (Wildman–Crippen MR) is 95.4 cm³/mol. The molecule has 0 heterocycles. The molecule has 0 N–H and O–H groups in total. The smallest absolute Gasteiger partial charge is 0.342 e. The van der Waals surface area contributed by atoms with Crippen molar-refractivity contribution < 1.29 is 14.3 Å². The molecule has 0 spiro atoms. The normalized spacial score (nSPS) is 12.0. The van der Waals surface area contributed by atoms with Crippen LogP contribution in [0, 0.1) is 0 Å². The summed E-state index contributed by atoms with van der Waals surface area (Å²) in [5.74, 6) is 0.158. The van der Waals surface area contributed by atoms with Crippen LogP contribution in [0.5, 0.6) is 5.75 Å². The van der Waals surface area contributed by atoms with E-state index >= 15 is 0 Å². The van der Waals surface area contributed by atoms with Crippen molar-refractivity contribution in [3.63, 3.8) is 0 Å². The Kier molecular flexibility index (Phi) is 6.82. The van der Waals surface area contributed by atoms with Gasteiger partial charge in [0.25, 0.3) is 0 Å². The molecule has 4 heteroatoms. The Morgan fingerprint density at radius 2 is 1.62 bits per heavy atom. The Bertz CT molecular complexity index is 638. The van der Waals surface area contributed by atoms with Crippen LogP contribution in [-0.4, -0.2) is 37.6 Å². The van der Waals surface area contributed by atoms with Crippen LogP contribution < -0.4 is 4.74 Å². The average Bonchev–Trinajstić information content (AvgIpc) is 2.65. The number of ether oxygens (including phenoxy) is 2. The maximum atomic E-state index is 12.6. The molecule has 0 fully saturated rings. The SMILES string of the molecule is CCN(CC)CC(OC(=O)c1ccccc1OC)c1ccccc1. The number of esters is 1. The van der Waals surface area contributed by atoms with E-state index in [0.29, 0.717) is 17.9 Å². The third kappa shape index (κ3) is 4.59. The fourth-order valence-electron chi connectivity index (χ4n) is 2.60. The fourth-order valence-corrected chi connectivity index (χ4v) is 2.60. The summed E-state index contributed by atoms with van der Waals surface area (Å²) in [6.45, 7) is 6.69. The minimum atomic E-state index is -0.367. The number of methoxy groups -OCH3 is 1. The van der Waals surface area contributed by atoms with Gasteiger partial charge in [0.15, 0.2) is 0 Å². The molecule has 0 bridgehead atoms. The zero-order chi connectivity index (χ0) is 17.4. The molecule has 0 aliphatic carbocycles. The third-order valence-electron chi connectivity index (χ3n) is 4.07. The zero-order valence-corrected chi connectivity index (χ0v) is 14.6. The molecule has 1 atom stereocenters. The number of likely N-dealkylation sites (N-methyl/N-ethyl adjacent to an activating group) is 1. The number of rotatable bonds is 8. The minimum absolute atomic E-state index is 0.316. The highest BCUT2D eigenvalue weighted by Crippen LogP contribution is 2.24. The van der Waals surface area contributed by atoms with Crippen LogP contribution in [0.2, 0.25) is 0 Å². The quantitative estimate of drug-likeness (QED) is 0.689. The highest BCUT2D eigenvalue weighted by atomic mass is 16.5. The molecule has 0 aromatic heterocycles. The summed E-state index contributed by atoms with van der Waals surface area (Å²) >= 11 is 0. The van der Waals surface area contributed by atoms with E-state index < -0.39 is 0 Å². The first-order valence-corrected chi connectivity index (χ1v) is 8.30. The maximum absolute atomic E-state index is 12.6. The fraction of sp³-hybridized carbons (Fsp3) is 0.350. The van der Waals surface area contributed by atoms with Crippen molar-refractivity contribution in [2.75, 3.05) is 26.7 Å². The number of carbonyl (C=O) groups excluding carboxylic acids is 1. The molecule has 0 radical (unpaired) electrons. The second-order valence-electron chi connectivity index (χ2n) is 5.49. The number of carbonyl (C=O) groups is 1. The van der Waals surface area contributed by atoms with Crippen molar-refractivity contribution in [1.29, 1.82) is 0 Å². The van der Waals surface area contributed by atoms with Crippen molar-refractivity contribution >= 4 is 5.97 Å². The topological polar surface area (TPSA) is 38.8 Å². The van der Waals surface area contributed by atoms with E-state index in [-0.39, 0.29) is 12.1 Å². The Morgan fingerprint density at radius 1 is 1.00 bits per heavy atom. The van der Waals surface area contributed by atoms with Gasteiger partial charge < -0.3 is 9.47 Å². The first-order valence-electron chi connectivity index (χ1n) is 8.30. The summed E-state index contributed by atoms with van der Waals surface area (Å²) in [7, 11) is 1.55. The van der Waals surface area contributed by atoms with Crippen LogP contribution in [0.3, 0.4) is 0 Å². The average molecular weight is 327 g/mol. The lowest BCUT2D eigenvalue weighted by Crippen LogP contribution is -2.30. The van der Waals surface area contributed by atoms with Crippen LogP contribution >= 0.6 is 0 Å². The summed E-state index contributed by atoms with van der Waals surface area (Å²) in [6, 6.07) is 17.0. The molecule has 2 rings (SSSR count). The lowest BCUT2D eigenvalue weighted by molar-refractivity contribution is 0.0201. The van der Waals surface area contributed by atoms with Gasteiger partial charge in [-0.25, -0.2) is 4.79 Å². The van der Waals surface area contributed by atoms with E-state index in [9.17, 15) is 4.79 Å². The minimum Gasteiger partial charge on any atom is -0.496 e. The predicted octanol–water partition coefficient (Wildman–Crippen LogP) is 3.94. The van der Waals surface area contributed by atoms with Crippen molar-refractivity contribution in [2.45, 2.75) is 20.0 Å². The summed E-state index contributed by atoms with van der Waals surface area (Å²) in [5, 5.41) is 0. The molecule has 2 aromatic rings. The molecule has 4 nitrogen and oxygen atoms in total. The molecular formula is C20H25NO3. The number of hydrogen-bond donors (Lipinski definition) is 0. The van der Waals surface area contributed by atoms with Gasteiger partial charge in [0.1, 0.15) is 17.4 Å². The highest BCUT2D eigenvalue weighted by molar-refractivity contribution is 5.92. The van der Waals surface area contributed by atoms with Gasteiger partial charge >= 0.3 is 5.97 Å². The van der Waals surface area contributed by atoms with Gasteiger partial charge in [0.05, 0.1) is 7.11 Å². The van der Waals surface area contributed by atoms with Crippen molar-refractivity contribution in [3.8, 4) is 5.75 Å². The van der Waals surface area contributed by atoms with E-state index in [1.165, 1.54) is 0 Å². The molecule has 0 amide bonds. The number of nitrogens with zero attached hydrogens (tertiary/aromatic N) is 1. The zero-order valence-electron chi connectivity index (χ0n) is 14.6. The third-order valence-corrected chi connectivity index (χ3v) is 4.07. The maximum Gasteiger partial charge on any atom is 0.342 e. The molecule has 0 aliphatic heterocycles. The van der Waals surface area contributed by atoms with Crippen molar-refractivity contribution in [3.05, 3.63) is 65.7 Å². The molecule has 128 valence electrons. The van der Waals surface area contributed by atoms with Crippen LogP contribution in [-0.2, 0) is 4.74 Å².